The van der Waals surface area contributed by atoms with Crippen molar-refractivity contribution in [3.8, 4) is 0 Å². The van der Waals surface area contributed by atoms with Crippen LogP contribution in [0.15, 0.2) is 46.1 Å². The maximum absolute atomic E-state index is 14.5. The molecule has 3 rings (SSSR count). The number of rotatable bonds is 5. The minimum Gasteiger partial charge on any atom is -0.381 e. The Morgan fingerprint density at radius 3 is 2.40 bits per heavy atom. The average Bonchev–Trinajstić information content (AvgIpc) is 3.01. The summed E-state index contributed by atoms with van der Waals surface area (Å²) in [6.07, 6.45) is 2.32. The first kappa shape index (κ1) is 17.8. The average molecular weight is 359 g/mol. The largest absolute Gasteiger partial charge is 0.431 e. The van der Waals surface area contributed by atoms with E-state index in [-0.39, 0.29) is 29.6 Å². The first-order valence-corrected chi connectivity index (χ1v) is 8.09. The zero-order valence-electron chi connectivity index (χ0n) is 13.4. The van der Waals surface area contributed by atoms with Gasteiger partial charge in [0, 0.05) is 17.5 Å². The molecule has 0 aromatic rings. The predicted molar refractivity (Wildman–Crippen MR) is 86.0 cm³/mol. The van der Waals surface area contributed by atoms with E-state index < -0.39 is 30.3 Å². The third kappa shape index (κ3) is 3.67. The lowest BCUT2D eigenvalue weighted by Gasteiger charge is -2.32. The third-order valence-electron chi connectivity index (χ3n) is 4.62. The van der Waals surface area contributed by atoms with Crippen LogP contribution in [0, 0.1) is 5.92 Å². The van der Waals surface area contributed by atoms with Gasteiger partial charge in [-0.3, -0.25) is 4.99 Å². The van der Waals surface area contributed by atoms with Crippen molar-refractivity contribution in [1.29, 1.82) is 0 Å². The topological polar surface area (TPSA) is 36.8 Å². The molecule has 8 heteroatoms. The van der Waals surface area contributed by atoms with Gasteiger partial charge >= 0.3 is 12.1 Å². The lowest BCUT2D eigenvalue weighted by atomic mass is 9.90. The van der Waals surface area contributed by atoms with E-state index in [9.17, 15) is 22.0 Å². The van der Waals surface area contributed by atoms with E-state index in [4.69, 9.17) is 0 Å². The van der Waals surface area contributed by atoms with Crippen molar-refractivity contribution in [2.24, 2.45) is 15.9 Å². The van der Waals surface area contributed by atoms with Crippen molar-refractivity contribution in [3.63, 3.8) is 0 Å². The van der Waals surface area contributed by atoms with Crippen LogP contribution in [0.5, 0.6) is 0 Å². The number of nitrogens with zero attached hydrogens (tertiary/aromatic N) is 2. The van der Waals surface area contributed by atoms with Crippen molar-refractivity contribution in [2.45, 2.75) is 43.8 Å². The minimum atomic E-state index is -4.51. The van der Waals surface area contributed by atoms with Crippen LogP contribution in [0.1, 0.15) is 25.7 Å². The van der Waals surface area contributed by atoms with Crippen molar-refractivity contribution < 1.29 is 22.0 Å². The molecule has 25 heavy (non-hydrogen) atoms. The molecular formula is C17H18F5N3. The number of hydrogen-bond acceptors (Lipinski definition) is 3. The summed E-state index contributed by atoms with van der Waals surface area (Å²) < 4.78 is 66.7. The molecule has 0 radical (unpaired) electrons. The predicted octanol–water partition coefficient (Wildman–Crippen LogP) is 4.20. The highest BCUT2D eigenvalue weighted by atomic mass is 19.4. The molecule has 0 aromatic heterocycles. The minimum absolute atomic E-state index is 0.0358. The number of nitrogens with one attached hydrogen (secondary N) is 1. The first-order chi connectivity index (χ1) is 11.7. The van der Waals surface area contributed by atoms with Gasteiger partial charge in [0.1, 0.15) is 11.5 Å². The summed E-state index contributed by atoms with van der Waals surface area (Å²) in [7, 11) is 0. The van der Waals surface area contributed by atoms with Gasteiger partial charge < -0.3 is 5.32 Å². The Morgan fingerprint density at radius 2 is 1.92 bits per heavy atom. The smallest absolute Gasteiger partial charge is 0.381 e. The summed E-state index contributed by atoms with van der Waals surface area (Å²) in [6.45, 7) is 2.93. The molecule has 0 spiro atoms. The Balaban J connectivity index is 1.64. The van der Waals surface area contributed by atoms with Crippen molar-refractivity contribution in [3.05, 3.63) is 36.1 Å². The molecule has 1 fully saturated rings. The molecule has 0 aromatic carbocycles. The van der Waals surface area contributed by atoms with E-state index in [1.54, 1.807) is 0 Å². The molecule has 1 N–H and O–H groups in total. The van der Waals surface area contributed by atoms with Gasteiger partial charge in [0.2, 0.25) is 0 Å². The van der Waals surface area contributed by atoms with Gasteiger partial charge in [-0.2, -0.15) is 22.0 Å². The highest BCUT2D eigenvalue weighted by Gasteiger charge is 2.41. The number of alkyl halides is 5. The van der Waals surface area contributed by atoms with E-state index in [2.05, 4.69) is 21.9 Å². The van der Waals surface area contributed by atoms with Crippen molar-refractivity contribution >= 4 is 11.5 Å². The summed E-state index contributed by atoms with van der Waals surface area (Å²) in [5.74, 6) is -3.71. The molecule has 1 saturated carbocycles. The SMILES string of the molecule is C=C(NC1CCC1)C(F)(F)C1=CCC(C2=NCC(C(F)(F)F)=N2)C=C1. The molecule has 0 amide bonds. The molecule has 3 aliphatic rings. The molecule has 0 bridgehead atoms. The van der Waals surface area contributed by atoms with Crippen LogP contribution >= 0.6 is 0 Å². The van der Waals surface area contributed by atoms with Crippen LogP contribution < -0.4 is 5.32 Å². The standard InChI is InChI=1S/C17H18F5N3/c1-10(24-13-3-2-4-13)16(18,19)12-7-5-11(6-8-12)15-23-9-14(25-15)17(20,21)22/h5,7-8,11,13,24H,1-4,6,9H2. The first-order valence-electron chi connectivity index (χ1n) is 8.09. The number of halogens is 5. The molecule has 1 aliphatic heterocycles. The normalized spacial score (nSPS) is 24.4. The van der Waals surface area contributed by atoms with Crippen molar-refractivity contribution in [2.75, 3.05) is 6.54 Å². The van der Waals surface area contributed by atoms with Gasteiger partial charge in [0.05, 0.1) is 12.2 Å². The van der Waals surface area contributed by atoms with Crippen LogP contribution in [0.3, 0.4) is 0 Å². The fourth-order valence-corrected chi connectivity index (χ4v) is 2.83. The van der Waals surface area contributed by atoms with Gasteiger partial charge in [-0.25, -0.2) is 4.99 Å². The number of amidine groups is 1. The van der Waals surface area contributed by atoms with Crippen LogP contribution in [0.25, 0.3) is 0 Å². The molecule has 0 saturated heterocycles. The summed E-state index contributed by atoms with van der Waals surface area (Å²) in [6, 6.07) is 0.0438. The molecule has 1 unspecified atom stereocenters. The highest BCUT2D eigenvalue weighted by molar-refractivity contribution is 6.07. The number of hydrogen-bond donors (Lipinski definition) is 1. The van der Waals surface area contributed by atoms with Gasteiger partial charge in [-0.1, -0.05) is 24.8 Å². The monoisotopic (exact) mass is 359 g/mol. The second-order valence-corrected chi connectivity index (χ2v) is 6.42. The molecule has 3 nitrogen and oxygen atoms in total. The Morgan fingerprint density at radius 1 is 1.20 bits per heavy atom. The lowest BCUT2D eigenvalue weighted by molar-refractivity contribution is -0.0592. The van der Waals surface area contributed by atoms with E-state index in [0.717, 1.165) is 19.3 Å². The van der Waals surface area contributed by atoms with E-state index in [1.807, 2.05) is 0 Å². The zero-order chi connectivity index (χ0) is 18.2. The number of allylic oxidation sites excluding steroid dienone is 3. The van der Waals surface area contributed by atoms with Crippen LogP contribution in [0.2, 0.25) is 0 Å². The van der Waals surface area contributed by atoms with E-state index in [0.29, 0.717) is 0 Å². The molecular weight excluding hydrogens is 341 g/mol. The maximum Gasteiger partial charge on any atom is 0.431 e. The fourth-order valence-electron chi connectivity index (χ4n) is 2.83. The van der Waals surface area contributed by atoms with Gasteiger partial charge in [0.25, 0.3) is 0 Å². The maximum atomic E-state index is 14.5. The summed E-state index contributed by atoms with van der Waals surface area (Å²) >= 11 is 0. The summed E-state index contributed by atoms with van der Waals surface area (Å²) in [4.78, 5) is 7.29. The zero-order valence-corrected chi connectivity index (χ0v) is 13.4. The van der Waals surface area contributed by atoms with E-state index in [1.165, 1.54) is 18.2 Å². The molecule has 1 heterocycles. The lowest BCUT2D eigenvalue weighted by Crippen LogP contribution is -2.41. The quantitative estimate of drug-likeness (QED) is 0.734. The van der Waals surface area contributed by atoms with Crippen LogP contribution in [-0.2, 0) is 0 Å². The molecule has 1 atom stereocenters. The second kappa shape index (κ2) is 6.38. The van der Waals surface area contributed by atoms with Gasteiger partial charge in [0.15, 0.2) is 0 Å². The Bertz CT molecular complexity index is 681. The van der Waals surface area contributed by atoms with Gasteiger partial charge in [-0.15, -0.1) is 0 Å². The second-order valence-electron chi connectivity index (χ2n) is 6.42. The van der Waals surface area contributed by atoms with Gasteiger partial charge in [-0.05, 0) is 25.7 Å². The third-order valence-corrected chi connectivity index (χ3v) is 4.62. The Kier molecular flexibility index (Phi) is 4.55. The van der Waals surface area contributed by atoms with Crippen molar-refractivity contribution in [1.82, 2.24) is 5.32 Å². The Labute approximate surface area is 142 Å². The van der Waals surface area contributed by atoms with Crippen LogP contribution in [0.4, 0.5) is 22.0 Å². The Hall–Kier alpha value is -1.99. The summed E-state index contributed by atoms with van der Waals surface area (Å²) in [5.41, 5.74) is -1.50. The highest BCUT2D eigenvalue weighted by Crippen LogP contribution is 2.36. The fraction of sp³-hybridized carbons (Fsp3) is 0.529. The van der Waals surface area contributed by atoms with E-state index >= 15 is 0 Å². The van der Waals surface area contributed by atoms with Crippen LogP contribution in [-0.4, -0.2) is 36.2 Å². The molecule has 2 aliphatic carbocycles. The molecule has 136 valence electrons. The number of aliphatic imine (C=N–C) groups is 2. The summed E-state index contributed by atoms with van der Waals surface area (Å²) in [5, 5.41) is 2.75.